The van der Waals surface area contributed by atoms with Gasteiger partial charge in [-0.3, -0.25) is 14.2 Å². The zero-order valence-corrected chi connectivity index (χ0v) is 40.2. The quantitative estimate of drug-likeness (QED) is 0.0353. The highest BCUT2D eigenvalue weighted by atomic mass is 16.6. The van der Waals surface area contributed by atoms with Crippen molar-refractivity contribution in [1.29, 1.82) is 0 Å². The molecule has 1 saturated heterocycles. The van der Waals surface area contributed by atoms with E-state index in [4.69, 9.17) is 14.2 Å². The third-order valence-electron chi connectivity index (χ3n) is 12.3. The minimum absolute atomic E-state index is 0.0341. The van der Waals surface area contributed by atoms with E-state index in [1.54, 1.807) is 16.7 Å². The summed E-state index contributed by atoms with van der Waals surface area (Å²) in [5, 5.41) is 71.7. The molecule has 3 aromatic rings. The molecule has 5 atom stereocenters. The molecular weight excluding hydrogens is 877 g/mol. The summed E-state index contributed by atoms with van der Waals surface area (Å²) in [4.78, 5) is 37.3. The Hall–Kier alpha value is -4.05. The summed E-state index contributed by atoms with van der Waals surface area (Å²) in [5.41, 5.74) is 2.11. The predicted octanol–water partition coefficient (Wildman–Crippen LogP) is 4.44. The molecule has 1 aliphatic rings. The third-order valence-corrected chi connectivity index (χ3v) is 12.3. The number of aliphatic hydroxyl groups is 5. The van der Waals surface area contributed by atoms with Crippen molar-refractivity contribution in [3.63, 3.8) is 0 Å². The van der Waals surface area contributed by atoms with Crippen LogP contribution in [0.4, 0.5) is 5.82 Å². The number of nitrogens with one attached hydrogen (secondary N) is 4. The lowest BCUT2D eigenvalue weighted by atomic mass is 10.0. The molecule has 0 saturated carbocycles. The molecule has 1 unspecified atom stereocenters. The standard InChI is InChI=1S/C49H82N8O11/c58-33-38-31-37(21-22-39(38)60)40(61)32-50-23-17-13-9-5-1-3-7-11-15-19-42(62)51-25-27-66-29-30-67-28-26-52-43(63)20-16-12-8-4-2-6-10-14-18-24-53-47-44-48(55-35-54-47)57(36-56-44)49-46(65)45(64)41(34-59)68-49/h21-22,31,35-36,40-41,45-46,49-50,58-61,64-65H,1-20,23-30,32-34H2,(H,51,62)(H,52,63)(H,53,54,55)/t40?,41-,45-,46-,49-/m1/s1. The molecular formula is C49H82N8O11. The lowest BCUT2D eigenvalue weighted by Crippen LogP contribution is -2.33. The van der Waals surface area contributed by atoms with Gasteiger partial charge in [0, 0.05) is 44.6 Å². The molecule has 10 N–H and O–H groups in total. The van der Waals surface area contributed by atoms with E-state index in [1.165, 1.54) is 63.7 Å². The summed E-state index contributed by atoms with van der Waals surface area (Å²) in [6, 6.07) is 4.80. The number of carbonyl (C=O) groups excluding carboxylic acids is 2. The summed E-state index contributed by atoms with van der Waals surface area (Å²) >= 11 is 0. The number of benzene rings is 1. The Morgan fingerprint density at radius 1 is 0.691 bits per heavy atom. The van der Waals surface area contributed by atoms with Crippen molar-refractivity contribution in [2.45, 2.75) is 166 Å². The highest BCUT2D eigenvalue weighted by molar-refractivity contribution is 5.82. The number of aromatic hydroxyl groups is 1. The molecule has 68 heavy (non-hydrogen) atoms. The number of unbranched alkanes of at least 4 members (excludes halogenated alkanes) is 16. The van der Waals surface area contributed by atoms with Gasteiger partial charge in [0.05, 0.1) is 52.1 Å². The molecule has 4 rings (SSSR count). The molecule has 19 heteroatoms. The fraction of sp³-hybridized carbons (Fsp3) is 0.735. The number of aromatic nitrogens is 4. The third kappa shape index (κ3) is 21.3. The van der Waals surface area contributed by atoms with E-state index in [0.717, 1.165) is 83.7 Å². The largest absolute Gasteiger partial charge is 0.508 e. The second-order valence-corrected chi connectivity index (χ2v) is 17.8. The van der Waals surface area contributed by atoms with Gasteiger partial charge in [0.25, 0.3) is 0 Å². The van der Waals surface area contributed by atoms with Gasteiger partial charge in [0.1, 0.15) is 30.4 Å². The molecule has 1 fully saturated rings. The number of fused-ring (bicyclic) bond motifs is 1. The molecule has 1 aliphatic heterocycles. The summed E-state index contributed by atoms with van der Waals surface area (Å²) in [6.45, 7) is 4.04. The van der Waals surface area contributed by atoms with E-state index in [0.29, 0.717) is 87.0 Å². The van der Waals surface area contributed by atoms with Gasteiger partial charge >= 0.3 is 0 Å². The number of hydrogen-bond acceptors (Lipinski definition) is 16. The fourth-order valence-electron chi connectivity index (χ4n) is 8.23. The molecule has 2 amide bonds. The van der Waals surface area contributed by atoms with Crippen molar-refractivity contribution < 1.29 is 54.4 Å². The molecule has 1 aromatic carbocycles. The maximum absolute atomic E-state index is 12.2. The summed E-state index contributed by atoms with van der Waals surface area (Å²) in [7, 11) is 0. The van der Waals surface area contributed by atoms with Crippen LogP contribution < -0.4 is 21.3 Å². The van der Waals surface area contributed by atoms with E-state index in [-0.39, 0.29) is 24.2 Å². The van der Waals surface area contributed by atoms with E-state index >= 15 is 0 Å². The normalized spacial score (nSPS) is 17.5. The van der Waals surface area contributed by atoms with Gasteiger partial charge < -0.3 is 66.1 Å². The fourth-order valence-corrected chi connectivity index (χ4v) is 8.23. The lowest BCUT2D eigenvalue weighted by molar-refractivity contribution is -0.122. The van der Waals surface area contributed by atoms with Crippen LogP contribution in [0.5, 0.6) is 5.75 Å². The maximum atomic E-state index is 12.2. The number of amides is 2. The molecule has 2 aromatic heterocycles. The first-order valence-corrected chi connectivity index (χ1v) is 25.3. The van der Waals surface area contributed by atoms with Crippen molar-refractivity contribution in [3.05, 3.63) is 42.0 Å². The highest BCUT2D eigenvalue weighted by Gasteiger charge is 2.44. The second-order valence-electron chi connectivity index (χ2n) is 17.8. The van der Waals surface area contributed by atoms with E-state index in [2.05, 4.69) is 36.2 Å². The number of hydrogen-bond donors (Lipinski definition) is 10. The van der Waals surface area contributed by atoms with Crippen LogP contribution in [0.2, 0.25) is 0 Å². The monoisotopic (exact) mass is 959 g/mol. The van der Waals surface area contributed by atoms with E-state index < -0.39 is 37.3 Å². The molecule has 0 spiro atoms. The lowest BCUT2D eigenvalue weighted by Gasteiger charge is -2.16. The zero-order valence-electron chi connectivity index (χ0n) is 40.2. The Morgan fingerprint density at radius 2 is 1.25 bits per heavy atom. The maximum Gasteiger partial charge on any atom is 0.220 e. The predicted molar refractivity (Wildman–Crippen MR) is 259 cm³/mol. The van der Waals surface area contributed by atoms with Crippen molar-refractivity contribution in [1.82, 2.24) is 35.5 Å². The SMILES string of the molecule is O=C(CCCCCCCCCCCNCC(O)c1ccc(O)c(CO)c1)NCCOCCOCCNC(=O)CCCCCCCCCCCNc1ncnc2c1ncn2[C@@H]1O[C@H](CO)[C@@H](O)[C@H]1O. The topological polar surface area (TPSA) is 275 Å². The van der Waals surface area contributed by atoms with Gasteiger partial charge in [-0.2, -0.15) is 0 Å². The second kappa shape index (κ2) is 34.3. The number of rotatable bonds is 40. The van der Waals surface area contributed by atoms with Gasteiger partial charge in [-0.15, -0.1) is 0 Å². The molecule has 0 radical (unpaired) electrons. The van der Waals surface area contributed by atoms with Crippen LogP contribution in [0.1, 0.15) is 152 Å². The Kier molecular flexibility index (Phi) is 28.5. The Morgan fingerprint density at radius 3 is 1.81 bits per heavy atom. The zero-order chi connectivity index (χ0) is 48.6. The highest BCUT2D eigenvalue weighted by Crippen LogP contribution is 2.32. The number of nitrogens with zero attached hydrogens (tertiary/aromatic N) is 4. The van der Waals surface area contributed by atoms with Crippen molar-refractivity contribution in [2.75, 3.05) is 71.1 Å². The van der Waals surface area contributed by atoms with Gasteiger partial charge in [0.15, 0.2) is 23.2 Å². The van der Waals surface area contributed by atoms with Gasteiger partial charge in [0.2, 0.25) is 11.8 Å². The first-order chi connectivity index (χ1) is 33.2. The first kappa shape index (κ1) is 56.5. The Bertz CT molecular complexity index is 1820. The van der Waals surface area contributed by atoms with Gasteiger partial charge in [-0.1, -0.05) is 96.0 Å². The number of phenols is 1. The summed E-state index contributed by atoms with van der Waals surface area (Å²) in [5.74, 6) is 0.745. The Balaban J connectivity index is 0.821. The van der Waals surface area contributed by atoms with Crippen molar-refractivity contribution >= 4 is 28.8 Å². The molecule has 3 heterocycles. The minimum atomic E-state index is -1.22. The first-order valence-electron chi connectivity index (χ1n) is 25.3. The summed E-state index contributed by atoms with van der Waals surface area (Å²) < 4.78 is 18.3. The Labute approximate surface area is 402 Å². The average molecular weight is 959 g/mol. The number of carbonyl (C=O) groups is 2. The smallest absolute Gasteiger partial charge is 0.220 e. The van der Waals surface area contributed by atoms with Gasteiger partial charge in [-0.25, -0.2) is 15.0 Å². The molecule has 384 valence electrons. The average Bonchev–Trinajstić information content (AvgIpc) is 3.90. The van der Waals surface area contributed by atoms with E-state index in [9.17, 15) is 40.2 Å². The van der Waals surface area contributed by atoms with Crippen molar-refractivity contribution in [3.8, 4) is 5.75 Å². The summed E-state index contributed by atoms with van der Waals surface area (Å²) in [6.07, 6.45) is 19.0. The number of ether oxygens (including phenoxy) is 3. The van der Waals surface area contributed by atoms with Crippen LogP contribution in [-0.4, -0.2) is 146 Å². The van der Waals surface area contributed by atoms with E-state index in [1.807, 2.05) is 0 Å². The van der Waals surface area contributed by atoms with Gasteiger partial charge in [-0.05, 0) is 49.9 Å². The minimum Gasteiger partial charge on any atom is -0.508 e. The van der Waals surface area contributed by atoms with Crippen LogP contribution >= 0.6 is 0 Å². The number of anilines is 1. The number of aliphatic hydroxyl groups excluding tert-OH is 5. The van der Waals surface area contributed by atoms with Crippen molar-refractivity contribution in [2.24, 2.45) is 0 Å². The van der Waals surface area contributed by atoms with Crippen LogP contribution in [0, 0.1) is 0 Å². The molecule has 0 aliphatic carbocycles. The van der Waals surface area contributed by atoms with Crippen LogP contribution in [0.3, 0.4) is 0 Å². The van der Waals surface area contributed by atoms with Crippen LogP contribution in [-0.2, 0) is 30.4 Å². The molecule has 0 bridgehead atoms. The molecule has 19 nitrogen and oxygen atoms in total. The van der Waals surface area contributed by atoms with Crippen LogP contribution in [0.25, 0.3) is 11.2 Å². The van der Waals surface area contributed by atoms with Crippen LogP contribution in [0.15, 0.2) is 30.9 Å². The number of imidazole rings is 1.